The number of amides is 1. The van der Waals surface area contributed by atoms with Gasteiger partial charge in [-0.3, -0.25) is 4.79 Å². The topological polar surface area (TPSA) is 25.2 Å². The van der Waals surface area contributed by atoms with Crippen molar-refractivity contribution < 1.29 is 4.79 Å². The fraction of sp³-hybridized carbons (Fsp3) is 0.480. The second kappa shape index (κ2) is 6.46. The van der Waals surface area contributed by atoms with E-state index in [0.717, 1.165) is 31.6 Å². The molecule has 0 N–H and O–H groups in total. The van der Waals surface area contributed by atoms with Crippen molar-refractivity contribution in [1.29, 1.82) is 0 Å². The van der Waals surface area contributed by atoms with Crippen LogP contribution in [0.25, 0.3) is 10.2 Å². The molecule has 2 aliphatic rings. The lowest BCUT2D eigenvalue weighted by Crippen LogP contribution is -2.38. The molecule has 3 heterocycles. The number of rotatable bonds is 3. The molecule has 0 radical (unpaired) electrons. The second-order valence-corrected chi connectivity index (χ2v) is 11.3. The maximum atomic E-state index is 13.8. The van der Waals surface area contributed by atoms with Gasteiger partial charge >= 0.3 is 0 Å². The van der Waals surface area contributed by atoms with Crippen LogP contribution in [-0.4, -0.2) is 28.0 Å². The van der Waals surface area contributed by atoms with Gasteiger partial charge in [0.2, 0.25) is 0 Å². The van der Waals surface area contributed by atoms with E-state index in [2.05, 4.69) is 78.9 Å². The summed E-state index contributed by atoms with van der Waals surface area (Å²) in [5.41, 5.74) is 3.93. The molecule has 1 saturated carbocycles. The van der Waals surface area contributed by atoms with Crippen LogP contribution in [0.15, 0.2) is 41.8 Å². The Morgan fingerprint density at radius 1 is 1.17 bits per heavy atom. The summed E-state index contributed by atoms with van der Waals surface area (Å²) in [6.45, 7) is 10.9. The monoisotopic (exact) mass is 406 g/mol. The van der Waals surface area contributed by atoms with Crippen molar-refractivity contribution in [1.82, 2.24) is 9.47 Å². The number of aryl methyl sites for hydroxylation is 1. The molecule has 29 heavy (non-hydrogen) atoms. The number of aromatic nitrogens is 1. The van der Waals surface area contributed by atoms with Crippen LogP contribution in [0.5, 0.6) is 0 Å². The predicted octanol–water partition coefficient (Wildman–Crippen LogP) is 6.10. The van der Waals surface area contributed by atoms with Crippen LogP contribution < -0.4 is 0 Å². The first kappa shape index (κ1) is 18.9. The number of benzene rings is 1. The Morgan fingerprint density at radius 2 is 2.00 bits per heavy atom. The van der Waals surface area contributed by atoms with Crippen LogP contribution in [0, 0.1) is 17.8 Å². The smallest absolute Gasteiger partial charge is 0.270 e. The Morgan fingerprint density at radius 3 is 2.79 bits per heavy atom. The van der Waals surface area contributed by atoms with Crippen LogP contribution in [0.4, 0.5) is 0 Å². The van der Waals surface area contributed by atoms with E-state index in [4.69, 9.17) is 0 Å². The summed E-state index contributed by atoms with van der Waals surface area (Å²) in [4.78, 5) is 17.2. The first-order chi connectivity index (χ1) is 13.7. The Hall–Kier alpha value is -2.07. The average molecular weight is 407 g/mol. The highest BCUT2D eigenvalue weighted by Gasteiger charge is 2.51. The molecule has 3 nitrogen and oxygen atoms in total. The Bertz CT molecular complexity index is 1090. The Labute approximate surface area is 177 Å². The molecule has 2 atom stereocenters. The number of carbonyl (C=O) groups is 1. The molecule has 1 amide bonds. The van der Waals surface area contributed by atoms with Crippen LogP contribution in [0.3, 0.4) is 0 Å². The Balaban J connectivity index is 1.52. The van der Waals surface area contributed by atoms with Crippen LogP contribution in [0.1, 0.15) is 61.6 Å². The van der Waals surface area contributed by atoms with Crippen molar-refractivity contribution in [2.45, 2.75) is 59.5 Å². The Kier molecular flexibility index (Phi) is 4.22. The van der Waals surface area contributed by atoms with Gasteiger partial charge in [0, 0.05) is 24.5 Å². The van der Waals surface area contributed by atoms with Crippen molar-refractivity contribution in [3.63, 3.8) is 0 Å². The van der Waals surface area contributed by atoms with Gasteiger partial charge in [-0.1, -0.05) is 50.6 Å². The SMILES string of the molecule is Cc1cccc(Cn2c(C(=O)N3CC4(C)CC3CC(C)(C)C4)cc3ccsc32)c1. The lowest BCUT2D eigenvalue weighted by molar-refractivity contribution is 0.0698. The van der Waals surface area contributed by atoms with Gasteiger partial charge in [-0.25, -0.2) is 0 Å². The molecule has 0 spiro atoms. The van der Waals surface area contributed by atoms with Crippen LogP contribution >= 0.6 is 11.3 Å². The first-order valence-corrected chi connectivity index (χ1v) is 11.5. The molecule has 2 fully saturated rings. The van der Waals surface area contributed by atoms with Crippen LogP contribution in [0.2, 0.25) is 0 Å². The standard InChI is InChI=1S/C25H30N2OS/c1-17-6-5-7-18(10-17)14-26-21(11-19-8-9-29-23(19)26)22(28)27-16-25(4)13-20(27)12-24(2,3)15-25/h5-11,20H,12-16H2,1-4H3. The summed E-state index contributed by atoms with van der Waals surface area (Å²) in [6.07, 6.45) is 3.47. The lowest BCUT2D eigenvalue weighted by Gasteiger charge is -2.39. The number of carbonyl (C=O) groups excluding carboxylic acids is 1. The zero-order chi connectivity index (χ0) is 20.4. The second-order valence-electron chi connectivity index (χ2n) is 10.4. The summed E-state index contributed by atoms with van der Waals surface area (Å²) < 4.78 is 2.24. The fourth-order valence-electron chi connectivity index (χ4n) is 6.15. The first-order valence-electron chi connectivity index (χ1n) is 10.7. The number of thiophene rings is 1. The number of nitrogens with zero attached hydrogens (tertiary/aromatic N) is 2. The molecule has 3 aromatic rings. The largest absolute Gasteiger partial charge is 0.334 e. The molecule has 5 rings (SSSR count). The highest BCUT2D eigenvalue weighted by molar-refractivity contribution is 7.16. The number of fused-ring (bicyclic) bond motifs is 3. The van der Waals surface area contributed by atoms with E-state index in [0.29, 0.717) is 11.5 Å². The molecular weight excluding hydrogens is 376 g/mol. The zero-order valence-corrected chi connectivity index (χ0v) is 18.7. The van der Waals surface area contributed by atoms with Crippen molar-refractivity contribution >= 4 is 27.5 Å². The normalized spacial score (nSPS) is 25.7. The highest BCUT2D eigenvalue weighted by atomic mass is 32.1. The molecule has 2 aromatic heterocycles. The van der Waals surface area contributed by atoms with Crippen LogP contribution in [-0.2, 0) is 6.54 Å². The number of hydrogen-bond acceptors (Lipinski definition) is 2. The van der Waals surface area contributed by atoms with Gasteiger partial charge in [-0.05, 0) is 60.1 Å². The molecule has 4 heteroatoms. The molecule has 1 aliphatic heterocycles. The molecule has 1 aromatic carbocycles. The summed E-state index contributed by atoms with van der Waals surface area (Å²) in [5.74, 6) is 0.215. The highest BCUT2D eigenvalue weighted by Crippen LogP contribution is 2.52. The van der Waals surface area contributed by atoms with Gasteiger partial charge in [0.15, 0.2) is 0 Å². The number of likely N-dealkylation sites (tertiary alicyclic amines) is 1. The zero-order valence-electron chi connectivity index (χ0n) is 17.9. The van der Waals surface area contributed by atoms with Gasteiger partial charge in [0.25, 0.3) is 5.91 Å². The van der Waals surface area contributed by atoms with E-state index in [-0.39, 0.29) is 11.3 Å². The molecule has 152 valence electrons. The molecule has 1 aliphatic carbocycles. The lowest BCUT2D eigenvalue weighted by atomic mass is 9.65. The molecule has 1 saturated heterocycles. The minimum Gasteiger partial charge on any atom is -0.334 e. The minimum absolute atomic E-state index is 0.215. The number of hydrogen-bond donors (Lipinski definition) is 0. The predicted molar refractivity (Wildman–Crippen MR) is 121 cm³/mol. The fourth-order valence-corrected chi connectivity index (χ4v) is 7.04. The van der Waals surface area contributed by atoms with E-state index in [1.54, 1.807) is 11.3 Å². The van der Waals surface area contributed by atoms with Gasteiger partial charge in [-0.15, -0.1) is 11.3 Å². The minimum atomic E-state index is 0.215. The van der Waals surface area contributed by atoms with E-state index in [1.807, 2.05) is 0 Å². The van der Waals surface area contributed by atoms with E-state index >= 15 is 0 Å². The van der Waals surface area contributed by atoms with Gasteiger partial charge in [-0.2, -0.15) is 0 Å². The molecule has 2 unspecified atom stereocenters. The summed E-state index contributed by atoms with van der Waals surface area (Å²) >= 11 is 1.73. The van der Waals surface area contributed by atoms with Crippen molar-refractivity contribution in [3.05, 3.63) is 58.6 Å². The van der Waals surface area contributed by atoms with Gasteiger partial charge in [0.1, 0.15) is 10.5 Å². The summed E-state index contributed by atoms with van der Waals surface area (Å²) in [6, 6.07) is 13.2. The third-order valence-electron chi connectivity index (χ3n) is 6.82. The average Bonchev–Trinajstić information content (AvgIpc) is 3.26. The summed E-state index contributed by atoms with van der Waals surface area (Å²) in [5, 5.41) is 3.30. The van der Waals surface area contributed by atoms with Gasteiger partial charge in [0.05, 0.1) is 0 Å². The molecular formula is C25H30N2OS. The van der Waals surface area contributed by atoms with E-state index < -0.39 is 0 Å². The molecule has 2 bridgehead atoms. The third kappa shape index (κ3) is 3.31. The third-order valence-corrected chi connectivity index (χ3v) is 7.77. The van der Waals surface area contributed by atoms with Crippen molar-refractivity contribution in [2.75, 3.05) is 6.54 Å². The van der Waals surface area contributed by atoms with E-state index in [1.165, 1.54) is 27.8 Å². The van der Waals surface area contributed by atoms with Crippen molar-refractivity contribution in [3.8, 4) is 0 Å². The van der Waals surface area contributed by atoms with Gasteiger partial charge < -0.3 is 9.47 Å². The summed E-state index contributed by atoms with van der Waals surface area (Å²) in [7, 11) is 0. The maximum absolute atomic E-state index is 13.8. The van der Waals surface area contributed by atoms with E-state index in [9.17, 15) is 4.79 Å². The van der Waals surface area contributed by atoms with Crippen molar-refractivity contribution in [2.24, 2.45) is 10.8 Å². The maximum Gasteiger partial charge on any atom is 0.270 e. The quantitative estimate of drug-likeness (QED) is 0.516.